The van der Waals surface area contributed by atoms with Crippen LogP contribution in [0.25, 0.3) is 0 Å². The number of likely N-dealkylation sites (N-methyl/N-ethyl adjacent to an activating group) is 1. The summed E-state index contributed by atoms with van der Waals surface area (Å²) in [6, 6.07) is 2.10. The van der Waals surface area contributed by atoms with Gasteiger partial charge in [-0.15, -0.1) is 11.8 Å². The number of amides is 1. The van der Waals surface area contributed by atoms with E-state index in [-0.39, 0.29) is 47.2 Å². The van der Waals surface area contributed by atoms with E-state index >= 15 is 0 Å². The number of hydrogen-bond acceptors (Lipinski definition) is 7. The van der Waals surface area contributed by atoms with Crippen molar-refractivity contribution in [3.8, 4) is 6.07 Å². The molecule has 30 heavy (non-hydrogen) atoms. The van der Waals surface area contributed by atoms with Gasteiger partial charge in [0, 0.05) is 11.4 Å². The number of hydrogen-bond donors (Lipinski definition) is 0. The molecule has 1 amide bonds. The second kappa shape index (κ2) is 9.26. The number of nitriles is 1. The predicted octanol–water partition coefficient (Wildman–Crippen LogP) is 3.32. The molecular formula is C21H33N3O4SSi. The standard InChI is InChI=1S/C21H33N3O4SSi/c1-9-12-27-20(26)17-15(13-23(6)11-10-22)29-19-16(18(25)24(17)19)14(2)28-30(7,8)21(3,4)5/h9,14,16,19H,1,11-13H2,2-8H3/t14-,16+,19-/m1/s1. The van der Waals surface area contributed by atoms with Crippen LogP contribution in [0.2, 0.25) is 18.1 Å². The Morgan fingerprint density at radius 2 is 2.10 bits per heavy atom. The van der Waals surface area contributed by atoms with Crippen molar-refractivity contribution in [3.05, 3.63) is 23.3 Å². The van der Waals surface area contributed by atoms with E-state index in [1.54, 1.807) is 4.90 Å². The van der Waals surface area contributed by atoms with Crippen molar-refractivity contribution in [1.29, 1.82) is 5.26 Å². The lowest BCUT2D eigenvalue weighted by molar-refractivity contribution is -0.157. The number of esters is 1. The maximum absolute atomic E-state index is 13.1. The molecule has 2 aliphatic rings. The van der Waals surface area contributed by atoms with Crippen LogP contribution in [0.1, 0.15) is 27.7 Å². The first-order chi connectivity index (χ1) is 13.9. The highest BCUT2D eigenvalue weighted by Gasteiger charge is 2.59. The zero-order chi connectivity index (χ0) is 22.9. The maximum atomic E-state index is 13.1. The van der Waals surface area contributed by atoms with E-state index in [4.69, 9.17) is 14.4 Å². The molecule has 0 aliphatic carbocycles. The van der Waals surface area contributed by atoms with Gasteiger partial charge in [0.25, 0.3) is 0 Å². The fourth-order valence-corrected chi connectivity index (χ4v) is 6.39. The quantitative estimate of drug-likeness (QED) is 0.175. The second-order valence-corrected chi connectivity index (χ2v) is 15.3. The Balaban J connectivity index is 2.23. The van der Waals surface area contributed by atoms with Gasteiger partial charge in [0.05, 0.1) is 24.6 Å². The van der Waals surface area contributed by atoms with Crippen LogP contribution in [0.4, 0.5) is 0 Å². The summed E-state index contributed by atoms with van der Waals surface area (Å²) < 4.78 is 11.7. The molecule has 0 radical (unpaired) electrons. The molecule has 0 aromatic carbocycles. The molecule has 9 heteroatoms. The van der Waals surface area contributed by atoms with Crippen LogP contribution < -0.4 is 0 Å². The van der Waals surface area contributed by atoms with Crippen molar-refractivity contribution in [2.45, 2.75) is 57.3 Å². The van der Waals surface area contributed by atoms with Gasteiger partial charge in [-0.25, -0.2) is 4.79 Å². The first kappa shape index (κ1) is 24.7. The summed E-state index contributed by atoms with van der Waals surface area (Å²) in [6.45, 7) is 17.1. The van der Waals surface area contributed by atoms with Crippen LogP contribution >= 0.6 is 11.8 Å². The molecule has 7 nitrogen and oxygen atoms in total. The van der Waals surface area contributed by atoms with E-state index in [9.17, 15) is 9.59 Å². The van der Waals surface area contributed by atoms with E-state index < -0.39 is 14.3 Å². The molecule has 1 fully saturated rings. The fraction of sp³-hybridized carbons (Fsp3) is 0.667. The van der Waals surface area contributed by atoms with E-state index in [0.29, 0.717) is 6.54 Å². The number of carbonyl (C=O) groups excluding carboxylic acids is 2. The van der Waals surface area contributed by atoms with E-state index in [1.165, 1.54) is 17.8 Å². The minimum absolute atomic E-state index is 0.0413. The average molecular weight is 452 g/mol. The normalized spacial score (nSPS) is 22.5. The van der Waals surface area contributed by atoms with Gasteiger partial charge >= 0.3 is 5.97 Å². The van der Waals surface area contributed by atoms with Gasteiger partial charge in [-0.05, 0) is 32.1 Å². The molecule has 0 saturated carbocycles. The smallest absolute Gasteiger partial charge is 0.356 e. The summed E-state index contributed by atoms with van der Waals surface area (Å²) in [5, 5.41) is 8.81. The number of rotatable bonds is 9. The van der Waals surface area contributed by atoms with Gasteiger partial charge in [-0.3, -0.25) is 14.6 Å². The van der Waals surface area contributed by atoms with Gasteiger partial charge < -0.3 is 9.16 Å². The lowest BCUT2D eigenvalue weighted by atomic mass is 9.92. The molecule has 0 bridgehead atoms. The monoisotopic (exact) mass is 451 g/mol. The molecule has 1 saturated heterocycles. The first-order valence-electron chi connectivity index (χ1n) is 10.1. The Labute approximate surface area is 185 Å². The molecule has 2 aliphatic heterocycles. The lowest BCUT2D eigenvalue weighted by Gasteiger charge is -2.48. The summed E-state index contributed by atoms with van der Waals surface area (Å²) in [4.78, 5) is 29.9. The van der Waals surface area contributed by atoms with Crippen LogP contribution in [0.5, 0.6) is 0 Å². The Kier molecular flexibility index (Phi) is 7.62. The highest BCUT2D eigenvalue weighted by molar-refractivity contribution is 8.04. The topological polar surface area (TPSA) is 82.9 Å². The van der Waals surface area contributed by atoms with Crippen LogP contribution in [-0.4, -0.2) is 68.2 Å². The summed E-state index contributed by atoms with van der Waals surface area (Å²) in [5.74, 6) is -0.956. The number of nitrogens with zero attached hydrogens (tertiary/aromatic N) is 3. The maximum Gasteiger partial charge on any atom is 0.356 e. The number of thioether (sulfide) groups is 1. The molecule has 2 heterocycles. The summed E-state index contributed by atoms with van der Waals surface area (Å²) in [6.07, 6.45) is 1.25. The highest BCUT2D eigenvalue weighted by atomic mass is 32.2. The highest BCUT2D eigenvalue weighted by Crippen LogP contribution is 2.52. The van der Waals surface area contributed by atoms with E-state index in [2.05, 4.69) is 46.5 Å². The van der Waals surface area contributed by atoms with Crippen LogP contribution in [0, 0.1) is 17.2 Å². The molecule has 0 N–H and O–H groups in total. The summed E-state index contributed by atoms with van der Waals surface area (Å²) in [7, 11) is -0.231. The number of ether oxygens (including phenoxy) is 1. The predicted molar refractivity (Wildman–Crippen MR) is 121 cm³/mol. The lowest BCUT2D eigenvalue weighted by Crippen LogP contribution is -2.62. The Morgan fingerprint density at radius 3 is 2.63 bits per heavy atom. The number of β-lactam (4-membered cyclic amide) rings is 1. The van der Waals surface area contributed by atoms with Gasteiger partial charge in [0.1, 0.15) is 17.7 Å². The van der Waals surface area contributed by atoms with E-state index in [0.717, 1.165) is 4.91 Å². The average Bonchev–Trinajstić information content (AvgIpc) is 2.92. The van der Waals surface area contributed by atoms with Crippen molar-refractivity contribution < 1.29 is 18.8 Å². The third kappa shape index (κ3) is 4.83. The van der Waals surface area contributed by atoms with E-state index in [1.807, 2.05) is 18.9 Å². The molecule has 0 unspecified atom stereocenters. The van der Waals surface area contributed by atoms with Crippen molar-refractivity contribution in [1.82, 2.24) is 9.80 Å². The largest absolute Gasteiger partial charge is 0.457 e. The summed E-state index contributed by atoms with van der Waals surface area (Å²) in [5.41, 5.74) is 0.289. The van der Waals surface area contributed by atoms with Crippen molar-refractivity contribution in [2.24, 2.45) is 5.92 Å². The minimum atomic E-state index is -2.04. The SMILES string of the molecule is C=CCOC(=O)C1=C(CN(C)CC#N)S[C@@H]2[C@@H]([C@@H](C)O[Si](C)(C)C(C)(C)C)C(=O)N12. The zero-order valence-electron chi connectivity index (χ0n) is 19.0. The second-order valence-electron chi connectivity index (χ2n) is 9.32. The van der Waals surface area contributed by atoms with Crippen molar-refractivity contribution >= 4 is 32.0 Å². The fourth-order valence-electron chi connectivity index (χ4n) is 3.28. The molecular weight excluding hydrogens is 418 g/mol. The molecule has 2 rings (SSSR count). The van der Waals surface area contributed by atoms with Crippen LogP contribution in [0.3, 0.4) is 0 Å². The molecule has 166 valence electrons. The van der Waals surface area contributed by atoms with Gasteiger partial charge in [0.2, 0.25) is 5.91 Å². The Hall–Kier alpha value is -1.60. The van der Waals surface area contributed by atoms with Gasteiger partial charge in [-0.1, -0.05) is 33.4 Å². The minimum Gasteiger partial charge on any atom is -0.457 e. The van der Waals surface area contributed by atoms with Gasteiger partial charge in [-0.2, -0.15) is 5.26 Å². The first-order valence-corrected chi connectivity index (χ1v) is 13.9. The third-order valence-electron chi connectivity index (χ3n) is 5.92. The van der Waals surface area contributed by atoms with Gasteiger partial charge in [0.15, 0.2) is 8.32 Å². The van der Waals surface area contributed by atoms with Crippen LogP contribution in [0.15, 0.2) is 23.3 Å². The van der Waals surface area contributed by atoms with Crippen molar-refractivity contribution in [2.75, 3.05) is 26.7 Å². The molecule has 0 aromatic rings. The van der Waals surface area contributed by atoms with Crippen LogP contribution in [-0.2, 0) is 18.8 Å². The summed E-state index contributed by atoms with van der Waals surface area (Å²) >= 11 is 1.50. The molecule has 0 aromatic heterocycles. The number of carbonyl (C=O) groups is 2. The van der Waals surface area contributed by atoms with Crippen molar-refractivity contribution in [3.63, 3.8) is 0 Å². The Morgan fingerprint density at radius 1 is 1.47 bits per heavy atom. The molecule has 0 spiro atoms. The third-order valence-corrected chi connectivity index (χ3v) is 11.9. The zero-order valence-corrected chi connectivity index (χ0v) is 20.8. The number of fused-ring (bicyclic) bond motifs is 1. The molecule has 3 atom stereocenters. The Bertz CT molecular complexity index is 784.